The molecule has 3 aliphatic heterocycles. The molecule has 9 unspecified atom stereocenters. The lowest BCUT2D eigenvalue weighted by atomic mass is 9.79. The van der Waals surface area contributed by atoms with Crippen LogP contribution >= 0.6 is 0 Å². The Morgan fingerprint density at radius 3 is 2.48 bits per heavy atom. The van der Waals surface area contributed by atoms with Crippen molar-refractivity contribution in [1.29, 1.82) is 0 Å². The van der Waals surface area contributed by atoms with Crippen LogP contribution in [-0.2, 0) is 4.74 Å². The summed E-state index contributed by atoms with van der Waals surface area (Å²) in [7, 11) is 0. The van der Waals surface area contributed by atoms with E-state index in [1.54, 1.807) is 0 Å². The number of rotatable bonds is 6. The van der Waals surface area contributed by atoms with Gasteiger partial charge in [0.1, 0.15) is 11.9 Å². The Hall–Kier alpha value is -5.03. The van der Waals surface area contributed by atoms with Gasteiger partial charge in [0.2, 0.25) is 0 Å². The zero-order valence-electron chi connectivity index (χ0n) is 29.7. The number of aliphatic imine (C=N–C) groups is 1. The van der Waals surface area contributed by atoms with E-state index in [4.69, 9.17) is 9.73 Å². The summed E-state index contributed by atoms with van der Waals surface area (Å²) in [5, 5.41) is 7.60. The third kappa shape index (κ3) is 5.75. The topological polar surface area (TPSA) is 48.9 Å². The van der Waals surface area contributed by atoms with E-state index in [2.05, 4.69) is 155 Å². The highest BCUT2D eigenvalue weighted by molar-refractivity contribution is 6.10. The van der Waals surface area contributed by atoms with E-state index in [9.17, 15) is 0 Å². The second-order valence-electron chi connectivity index (χ2n) is 15.6. The predicted molar refractivity (Wildman–Crippen MR) is 212 cm³/mol. The van der Waals surface area contributed by atoms with Crippen molar-refractivity contribution >= 4 is 11.4 Å². The van der Waals surface area contributed by atoms with Crippen molar-refractivity contribution in [3.05, 3.63) is 174 Å². The molecule has 5 heteroatoms. The maximum Gasteiger partial charge on any atom is 0.192 e. The first-order valence-electron chi connectivity index (χ1n) is 19.6. The minimum absolute atomic E-state index is 0.0244. The first kappa shape index (κ1) is 31.7. The molecule has 0 saturated carbocycles. The van der Waals surface area contributed by atoms with E-state index in [0.717, 1.165) is 56.4 Å². The molecule has 3 heterocycles. The van der Waals surface area contributed by atoms with Gasteiger partial charge in [0.15, 0.2) is 6.23 Å². The number of ether oxygens (including phenoxy) is 1. The normalized spacial score (nSPS) is 35.2. The van der Waals surface area contributed by atoms with Crippen LogP contribution in [0.3, 0.4) is 0 Å². The molecule has 52 heavy (non-hydrogen) atoms. The average Bonchev–Trinajstić information content (AvgIpc) is 3.82. The Balaban J connectivity index is 0.956. The number of hydrogen-bond donors (Lipinski definition) is 2. The van der Waals surface area contributed by atoms with Gasteiger partial charge < -0.3 is 20.3 Å². The van der Waals surface area contributed by atoms with Crippen molar-refractivity contribution in [2.75, 3.05) is 4.90 Å². The zero-order valence-corrected chi connectivity index (χ0v) is 29.7. The highest BCUT2D eigenvalue weighted by atomic mass is 16.5. The molecule has 2 N–H and O–H groups in total. The van der Waals surface area contributed by atoms with Crippen LogP contribution in [0.25, 0.3) is 0 Å². The lowest BCUT2D eigenvalue weighted by molar-refractivity contribution is 0.123. The smallest absolute Gasteiger partial charge is 0.192 e. The quantitative estimate of drug-likeness (QED) is 0.294. The first-order valence-corrected chi connectivity index (χ1v) is 19.6. The van der Waals surface area contributed by atoms with E-state index in [-0.39, 0.29) is 24.4 Å². The molecule has 1 saturated heterocycles. The summed E-state index contributed by atoms with van der Waals surface area (Å²) >= 11 is 0. The molecule has 0 amide bonds. The summed E-state index contributed by atoms with van der Waals surface area (Å²) < 4.78 is 6.84. The summed E-state index contributed by atoms with van der Waals surface area (Å²) in [6, 6.07) is 9.86. The van der Waals surface area contributed by atoms with Gasteiger partial charge in [0.25, 0.3) is 0 Å². The maximum atomic E-state index is 6.84. The predicted octanol–water partition coefficient (Wildman–Crippen LogP) is 9.20. The molecule has 0 bridgehead atoms. The van der Waals surface area contributed by atoms with Crippen LogP contribution in [-0.4, -0.2) is 30.2 Å². The molecule has 5 nitrogen and oxygen atoms in total. The summed E-state index contributed by atoms with van der Waals surface area (Å²) in [6.45, 7) is 0. The maximum absolute atomic E-state index is 6.84. The fourth-order valence-electron chi connectivity index (χ4n) is 9.89. The molecular formula is C47H48N4O. The zero-order chi connectivity index (χ0) is 34.4. The summed E-state index contributed by atoms with van der Waals surface area (Å²) in [5.41, 5.74) is 8.46. The van der Waals surface area contributed by atoms with Crippen LogP contribution in [0.5, 0.6) is 0 Å². The number of fused-ring (bicyclic) bond motifs is 4. The van der Waals surface area contributed by atoms with Crippen molar-refractivity contribution in [3.63, 3.8) is 0 Å². The van der Waals surface area contributed by atoms with Crippen LogP contribution in [0, 0.1) is 29.6 Å². The summed E-state index contributed by atoms with van der Waals surface area (Å²) in [4.78, 5) is 8.13. The fraction of sp³-hybridized carbons (Fsp3) is 0.340. The second-order valence-corrected chi connectivity index (χ2v) is 15.6. The highest BCUT2D eigenvalue weighted by Gasteiger charge is 2.53. The van der Waals surface area contributed by atoms with E-state index >= 15 is 0 Å². The van der Waals surface area contributed by atoms with Crippen molar-refractivity contribution in [2.45, 2.75) is 69.4 Å². The second kappa shape index (κ2) is 13.5. The molecule has 1 fully saturated rings. The lowest BCUT2D eigenvalue weighted by Gasteiger charge is -2.34. The summed E-state index contributed by atoms with van der Waals surface area (Å²) in [5.74, 6) is 3.27. The molecule has 10 rings (SSSR count). The molecule has 6 aliphatic carbocycles. The van der Waals surface area contributed by atoms with E-state index in [1.807, 2.05) is 0 Å². The van der Waals surface area contributed by atoms with Gasteiger partial charge in [-0.25, -0.2) is 0 Å². The van der Waals surface area contributed by atoms with E-state index in [1.165, 1.54) is 33.8 Å². The van der Waals surface area contributed by atoms with E-state index in [0.29, 0.717) is 29.7 Å². The Kier molecular flexibility index (Phi) is 8.23. The van der Waals surface area contributed by atoms with Crippen molar-refractivity contribution in [3.8, 4) is 0 Å². The number of allylic oxidation sites excluding steroid dienone is 16. The number of nitrogens with zero attached hydrogens (tertiary/aromatic N) is 2. The monoisotopic (exact) mass is 684 g/mol. The third-order valence-electron chi connectivity index (χ3n) is 12.6. The van der Waals surface area contributed by atoms with Gasteiger partial charge >= 0.3 is 0 Å². The van der Waals surface area contributed by atoms with E-state index < -0.39 is 0 Å². The number of benzene rings is 1. The number of nitrogens with one attached hydrogen (secondary N) is 2. The Bertz CT molecular complexity index is 2030. The minimum Gasteiger partial charge on any atom is -0.469 e. The third-order valence-corrected chi connectivity index (χ3v) is 12.6. The average molecular weight is 685 g/mol. The van der Waals surface area contributed by atoms with Crippen LogP contribution in [0.4, 0.5) is 5.69 Å². The van der Waals surface area contributed by atoms with Crippen molar-refractivity contribution in [1.82, 2.24) is 10.6 Å². The van der Waals surface area contributed by atoms with Crippen LogP contribution < -0.4 is 15.5 Å². The largest absolute Gasteiger partial charge is 0.469 e. The first-order chi connectivity index (χ1) is 25.8. The highest BCUT2D eigenvalue weighted by Crippen LogP contribution is 2.51. The Morgan fingerprint density at radius 1 is 0.788 bits per heavy atom. The molecule has 1 aromatic rings. The van der Waals surface area contributed by atoms with Crippen molar-refractivity contribution in [2.24, 2.45) is 34.6 Å². The molecule has 9 atom stereocenters. The Labute approximate surface area is 308 Å². The number of hydrogen-bond acceptors (Lipinski definition) is 5. The molecule has 0 aromatic heterocycles. The van der Waals surface area contributed by atoms with Gasteiger partial charge in [0, 0.05) is 34.8 Å². The molecule has 262 valence electrons. The molecule has 9 aliphatic rings. The molecule has 1 aromatic carbocycles. The van der Waals surface area contributed by atoms with Gasteiger partial charge in [-0.15, -0.1) is 0 Å². The van der Waals surface area contributed by atoms with Gasteiger partial charge in [0.05, 0.1) is 23.4 Å². The van der Waals surface area contributed by atoms with Crippen LogP contribution in [0.1, 0.15) is 50.5 Å². The van der Waals surface area contributed by atoms with Gasteiger partial charge in [-0.1, -0.05) is 115 Å². The number of anilines is 1. The van der Waals surface area contributed by atoms with Gasteiger partial charge in [-0.3, -0.25) is 4.99 Å². The summed E-state index contributed by atoms with van der Waals surface area (Å²) in [6.07, 6.45) is 51.2. The molecular weight excluding hydrogens is 637 g/mol. The lowest BCUT2D eigenvalue weighted by Crippen LogP contribution is -2.39. The van der Waals surface area contributed by atoms with Crippen LogP contribution in [0.2, 0.25) is 0 Å². The van der Waals surface area contributed by atoms with Crippen LogP contribution in [0.15, 0.2) is 173 Å². The van der Waals surface area contributed by atoms with Crippen molar-refractivity contribution < 1.29 is 4.74 Å². The molecule has 0 spiro atoms. The van der Waals surface area contributed by atoms with Gasteiger partial charge in [-0.05, 0) is 92.2 Å². The molecule has 0 radical (unpaired) electrons. The Morgan fingerprint density at radius 2 is 1.67 bits per heavy atom. The van der Waals surface area contributed by atoms with Gasteiger partial charge in [-0.2, -0.15) is 0 Å². The minimum atomic E-state index is -0.0654. The standard InChI is InChI=1S/C47H48N4O/c1-4-13-31(14-5-1)32-23-25-33(26-24-32)40-30-41(49-46(48-40)34-15-6-2-7-16-34)36-19-12-20-37(29-36)51-42-22-11-10-21-38(42)44-43(51)28-27-39-45(44)52-47(50-39)35-17-8-3-9-18-35/h1-8,10,12-13,15,17,19-21,23,25-32,34,38,42-44,46-48,50H,9,11,14,16,18,22,24H2. The SMILES string of the molecule is C1=CCCC(C2NC3=C(O2)C2C4C=CCCC4N(c4cccc(C5=NC(C6C=CC=CC6)NC(C6=CCC(C7C=CC=CC7)C=C6)=C5)c4)C2C=C3)=C1. The fourth-order valence-corrected chi connectivity index (χ4v) is 9.89.